The van der Waals surface area contributed by atoms with Gasteiger partial charge in [0.15, 0.2) is 0 Å². The van der Waals surface area contributed by atoms with Crippen LogP contribution in [0.2, 0.25) is 0 Å². The number of aliphatic imine (C=N–C) groups is 1. The smallest absolute Gasteiger partial charge is 0.317 e. The number of hydrazine groups is 1. The molecular weight excluding hydrogens is 437 g/mol. The molecule has 1 saturated carbocycles. The molecular formula is C21H37Cl2N7O. The number of carbonyl (C=O) groups excluding carboxylic acids is 1. The third-order valence-electron chi connectivity index (χ3n) is 6.67. The molecule has 2 amide bonds. The molecule has 0 aromatic rings. The van der Waals surface area contributed by atoms with Crippen molar-refractivity contribution in [2.24, 2.45) is 16.8 Å². The van der Waals surface area contributed by atoms with E-state index in [9.17, 15) is 4.79 Å². The topological polar surface area (TPSA) is 80.4 Å². The lowest BCUT2D eigenvalue weighted by Crippen LogP contribution is -2.52. The Morgan fingerprint density at radius 2 is 1.81 bits per heavy atom. The second kappa shape index (κ2) is 11.1. The second-order valence-electron chi connectivity index (χ2n) is 9.03. The van der Waals surface area contributed by atoms with Crippen molar-refractivity contribution in [3.63, 3.8) is 0 Å². The molecule has 0 aromatic carbocycles. The van der Waals surface area contributed by atoms with Gasteiger partial charge in [-0.15, -0.1) is 0 Å². The molecule has 31 heavy (non-hydrogen) atoms. The molecule has 2 fully saturated rings. The monoisotopic (exact) mass is 473 g/mol. The minimum absolute atomic E-state index is 0.0181. The van der Waals surface area contributed by atoms with Crippen molar-refractivity contribution in [2.45, 2.75) is 57.7 Å². The van der Waals surface area contributed by atoms with Crippen LogP contribution in [0, 0.1) is 5.92 Å². The number of nitrogens with one attached hydrogen (secondary N) is 1. The summed E-state index contributed by atoms with van der Waals surface area (Å²) in [6.07, 6.45) is 6.40. The molecule has 1 atom stereocenters. The normalized spacial score (nSPS) is 27.9. The molecule has 2 heterocycles. The number of rotatable bonds is 5. The third kappa shape index (κ3) is 6.18. The summed E-state index contributed by atoms with van der Waals surface area (Å²) in [5, 5.41) is 5.39. The van der Waals surface area contributed by atoms with Crippen molar-refractivity contribution >= 4 is 35.1 Å². The lowest BCUT2D eigenvalue weighted by molar-refractivity contribution is 0.160. The molecule has 0 spiro atoms. The van der Waals surface area contributed by atoms with Crippen molar-refractivity contribution < 1.29 is 4.79 Å². The number of hydrogen-bond acceptors (Lipinski definition) is 6. The maximum atomic E-state index is 11.8. The Bertz CT molecular complexity index is 683. The molecule has 0 aromatic heterocycles. The van der Waals surface area contributed by atoms with Crippen LogP contribution in [-0.2, 0) is 0 Å². The van der Waals surface area contributed by atoms with Crippen LogP contribution in [0.15, 0.2) is 15.2 Å². The first-order chi connectivity index (χ1) is 14.8. The fraction of sp³-hybridized carbons (Fsp3) is 0.810. The van der Waals surface area contributed by atoms with Crippen LogP contribution in [0.25, 0.3) is 0 Å². The molecule has 3 N–H and O–H groups in total. The minimum Gasteiger partial charge on any atom is -0.353 e. The van der Waals surface area contributed by atoms with E-state index >= 15 is 0 Å². The zero-order valence-electron chi connectivity index (χ0n) is 19.0. The Morgan fingerprint density at radius 1 is 1.16 bits per heavy atom. The number of urea groups is 1. The number of hydrogen-bond donors (Lipinski definition) is 2. The molecule has 0 radical (unpaired) electrons. The highest BCUT2D eigenvalue weighted by Gasteiger charge is 2.31. The van der Waals surface area contributed by atoms with E-state index in [-0.39, 0.29) is 12.2 Å². The molecule has 1 unspecified atom stereocenters. The molecule has 3 rings (SSSR count). The lowest BCUT2D eigenvalue weighted by Gasteiger charge is -2.40. The third-order valence-corrected chi connectivity index (χ3v) is 7.50. The lowest BCUT2D eigenvalue weighted by atomic mass is 9.84. The first-order valence-electron chi connectivity index (χ1n) is 11.4. The van der Waals surface area contributed by atoms with Gasteiger partial charge in [0.1, 0.15) is 22.2 Å². The fourth-order valence-electron chi connectivity index (χ4n) is 4.55. The highest BCUT2D eigenvalue weighted by Crippen LogP contribution is 2.29. The van der Waals surface area contributed by atoms with Crippen LogP contribution in [0.3, 0.4) is 0 Å². The number of amidine groups is 1. The summed E-state index contributed by atoms with van der Waals surface area (Å²) in [7, 11) is 3.57. The second-order valence-corrected chi connectivity index (χ2v) is 9.77. The largest absolute Gasteiger partial charge is 0.353 e. The van der Waals surface area contributed by atoms with Gasteiger partial charge in [0.2, 0.25) is 0 Å². The highest BCUT2D eigenvalue weighted by atomic mass is 35.5. The highest BCUT2D eigenvalue weighted by molar-refractivity contribution is 6.48. The van der Waals surface area contributed by atoms with Crippen molar-refractivity contribution in [2.75, 3.05) is 46.8 Å². The van der Waals surface area contributed by atoms with Crippen LogP contribution >= 0.6 is 23.2 Å². The first kappa shape index (κ1) is 24.4. The minimum atomic E-state index is -0.166. The summed E-state index contributed by atoms with van der Waals surface area (Å²) in [5.41, 5.74) is 0. The summed E-state index contributed by atoms with van der Waals surface area (Å²) >= 11 is 12.8. The molecule has 1 saturated heterocycles. The number of amides is 2. The van der Waals surface area contributed by atoms with E-state index in [4.69, 9.17) is 34.0 Å². The van der Waals surface area contributed by atoms with Crippen LogP contribution in [0.4, 0.5) is 4.79 Å². The van der Waals surface area contributed by atoms with Gasteiger partial charge in [-0.1, -0.05) is 30.1 Å². The van der Waals surface area contributed by atoms with Crippen LogP contribution in [0.5, 0.6) is 0 Å². The average Bonchev–Trinajstić information content (AvgIpc) is 2.77. The number of nitrogens with two attached hydrogens (primary N) is 1. The molecule has 176 valence electrons. The van der Waals surface area contributed by atoms with E-state index in [1.807, 2.05) is 6.92 Å². The summed E-state index contributed by atoms with van der Waals surface area (Å²) in [6.45, 7) is 6.94. The molecule has 10 heteroatoms. The van der Waals surface area contributed by atoms with Gasteiger partial charge >= 0.3 is 6.03 Å². The van der Waals surface area contributed by atoms with Gasteiger partial charge in [-0.25, -0.2) is 15.6 Å². The number of halogens is 2. The summed E-state index contributed by atoms with van der Waals surface area (Å²) in [4.78, 5) is 22.9. The average molecular weight is 474 g/mol. The molecule has 8 nitrogen and oxygen atoms in total. The van der Waals surface area contributed by atoms with Gasteiger partial charge in [-0.05, 0) is 51.0 Å². The van der Waals surface area contributed by atoms with E-state index in [0.29, 0.717) is 16.2 Å². The Morgan fingerprint density at radius 3 is 2.39 bits per heavy atom. The molecule has 3 aliphatic rings. The quantitative estimate of drug-likeness (QED) is 0.473. The van der Waals surface area contributed by atoms with Gasteiger partial charge in [-0.3, -0.25) is 9.91 Å². The SMILES string of the molecule is CCC1N=C(N2CCN(CCC3CCC(NC(=O)N(C)C)CC3)CC2)C(Cl)=C(Cl)N1N. The van der Waals surface area contributed by atoms with Gasteiger partial charge in [0, 0.05) is 46.3 Å². The molecule has 2 aliphatic heterocycles. The van der Waals surface area contributed by atoms with Crippen molar-refractivity contribution in [3.05, 3.63) is 10.2 Å². The number of nitrogens with zero attached hydrogens (tertiary/aromatic N) is 5. The van der Waals surface area contributed by atoms with Crippen LogP contribution in [-0.4, -0.2) is 90.6 Å². The van der Waals surface area contributed by atoms with E-state index in [1.54, 1.807) is 19.0 Å². The summed E-state index contributed by atoms with van der Waals surface area (Å²) in [5.74, 6) is 7.53. The van der Waals surface area contributed by atoms with Gasteiger partial charge < -0.3 is 15.1 Å². The predicted octanol–water partition coefficient (Wildman–Crippen LogP) is 2.79. The molecule has 0 bridgehead atoms. The Labute approximate surface area is 196 Å². The van der Waals surface area contributed by atoms with E-state index in [2.05, 4.69) is 15.1 Å². The summed E-state index contributed by atoms with van der Waals surface area (Å²) in [6, 6.07) is 0.344. The number of carbonyl (C=O) groups is 1. The van der Waals surface area contributed by atoms with E-state index in [1.165, 1.54) is 24.3 Å². The Balaban J connectivity index is 1.40. The zero-order valence-corrected chi connectivity index (χ0v) is 20.5. The van der Waals surface area contributed by atoms with E-state index in [0.717, 1.165) is 63.7 Å². The fourth-order valence-corrected chi connectivity index (χ4v) is 5.02. The Hall–Kier alpha value is -1.22. The predicted molar refractivity (Wildman–Crippen MR) is 127 cm³/mol. The number of piperazine rings is 1. The zero-order chi connectivity index (χ0) is 22.5. The van der Waals surface area contributed by atoms with E-state index < -0.39 is 0 Å². The van der Waals surface area contributed by atoms with Crippen molar-refractivity contribution in [3.8, 4) is 0 Å². The van der Waals surface area contributed by atoms with Gasteiger partial charge in [-0.2, -0.15) is 0 Å². The van der Waals surface area contributed by atoms with Crippen molar-refractivity contribution in [1.82, 2.24) is 25.0 Å². The standard InChI is InChI=1S/C21H37Cl2N7O/c1-4-17-26-20(18(22)19(23)30(17)24)29-13-11-28(12-14-29)10-9-15-5-7-16(8-6-15)25-21(31)27(2)3/h15-17H,4-14,24H2,1-3H3,(H,25,31). The maximum absolute atomic E-state index is 11.8. The molecule has 1 aliphatic carbocycles. The van der Waals surface area contributed by atoms with Gasteiger partial charge in [0.05, 0.1) is 0 Å². The van der Waals surface area contributed by atoms with Crippen molar-refractivity contribution in [1.29, 1.82) is 0 Å². The summed E-state index contributed by atoms with van der Waals surface area (Å²) < 4.78 is 0. The maximum Gasteiger partial charge on any atom is 0.317 e. The van der Waals surface area contributed by atoms with Gasteiger partial charge in [0.25, 0.3) is 0 Å². The van der Waals surface area contributed by atoms with Crippen LogP contribution < -0.4 is 11.2 Å². The first-order valence-corrected chi connectivity index (χ1v) is 12.2. The van der Waals surface area contributed by atoms with Crippen LogP contribution in [0.1, 0.15) is 45.4 Å². The Kier molecular flexibility index (Phi) is 8.73.